The first kappa shape index (κ1) is 8.23. The van der Waals surface area contributed by atoms with Gasteiger partial charge in [-0.1, -0.05) is 0 Å². The first-order valence-corrected chi connectivity index (χ1v) is 3.01. The standard InChI is InChI=1S/C5H13N3O/c1-3-8(4-2)5(9)7-6/h3-4,6H2,1-2H3,(H,7,9). The van der Waals surface area contributed by atoms with Crippen LogP contribution >= 0.6 is 0 Å². The molecule has 0 saturated heterocycles. The Kier molecular flexibility index (Phi) is 3.79. The van der Waals surface area contributed by atoms with Crippen molar-refractivity contribution in [3.63, 3.8) is 0 Å². The summed E-state index contributed by atoms with van der Waals surface area (Å²) in [5.74, 6) is 4.88. The van der Waals surface area contributed by atoms with Crippen LogP contribution in [0.1, 0.15) is 13.8 Å². The number of nitrogens with zero attached hydrogens (tertiary/aromatic N) is 1. The van der Waals surface area contributed by atoms with E-state index in [1.54, 1.807) is 4.90 Å². The van der Waals surface area contributed by atoms with Crippen molar-refractivity contribution >= 4 is 6.03 Å². The van der Waals surface area contributed by atoms with Gasteiger partial charge in [0.1, 0.15) is 0 Å². The third-order valence-corrected chi connectivity index (χ3v) is 1.17. The lowest BCUT2D eigenvalue weighted by atomic mass is 10.5. The van der Waals surface area contributed by atoms with Gasteiger partial charge in [-0.05, 0) is 13.8 Å². The average molecular weight is 131 g/mol. The summed E-state index contributed by atoms with van der Waals surface area (Å²) in [5, 5.41) is 0. The highest BCUT2D eigenvalue weighted by Crippen LogP contribution is 1.84. The Hall–Kier alpha value is -0.770. The second-order valence-corrected chi connectivity index (χ2v) is 1.62. The van der Waals surface area contributed by atoms with Crippen molar-refractivity contribution in [3.8, 4) is 0 Å². The Morgan fingerprint density at radius 3 is 2.11 bits per heavy atom. The van der Waals surface area contributed by atoms with Crippen molar-refractivity contribution in [1.82, 2.24) is 10.3 Å². The molecule has 0 radical (unpaired) electrons. The molecule has 0 rings (SSSR count). The Morgan fingerprint density at radius 2 is 2.00 bits per heavy atom. The highest BCUT2D eigenvalue weighted by molar-refractivity contribution is 5.73. The minimum absolute atomic E-state index is 0.222. The number of nitrogens with two attached hydrogens (primary N) is 1. The summed E-state index contributed by atoms with van der Waals surface area (Å²) in [7, 11) is 0. The van der Waals surface area contributed by atoms with Crippen LogP contribution in [0, 0.1) is 0 Å². The van der Waals surface area contributed by atoms with Crippen LogP contribution in [0.2, 0.25) is 0 Å². The molecule has 0 atom stereocenters. The molecule has 0 aromatic carbocycles. The first-order valence-electron chi connectivity index (χ1n) is 3.01. The quantitative estimate of drug-likeness (QED) is 0.312. The van der Waals surface area contributed by atoms with E-state index in [9.17, 15) is 4.79 Å². The normalized spacial score (nSPS) is 8.78. The van der Waals surface area contributed by atoms with E-state index >= 15 is 0 Å². The van der Waals surface area contributed by atoms with Gasteiger partial charge in [0.15, 0.2) is 0 Å². The molecule has 0 unspecified atom stereocenters. The van der Waals surface area contributed by atoms with Gasteiger partial charge in [0, 0.05) is 13.1 Å². The van der Waals surface area contributed by atoms with Crippen molar-refractivity contribution < 1.29 is 4.79 Å². The van der Waals surface area contributed by atoms with Crippen molar-refractivity contribution in [1.29, 1.82) is 0 Å². The van der Waals surface area contributed by atoms with Gasteiger partial charge >= 0.3 is 6.03 Å². The zero-order valence-electron chi connectivity index (χ0n) is 5.85. The fourth-order valence-corrected chi connectivity index (χ4v) is 0.602. The molecule has 0 bridgehead atoms. The topological polar surface area (TPSA) is 58.4 Å². The largest absolute Gasteiger partial charge is 0.331 e. The number of rotatable bonds is 2. The smallest absolute Gasteiger partial charge is 0.324 e. The molecule has 4 nitrogen and oxygen atoms in total. The van der Waals surface area contributed by atoms with E-state index in [-0.39, 0.29) is 6.03 Å². The number of hydrogen-bond acceptors (Lipinski definition) is 2. The van der Waals surface area contributed by atoms with Gasteiger partial charge in [-0.25, -0.2) is 10.6 Å². The second kappa shape index (κ2) is 4.14. The minimum Gasteiger partial charge on any atom is -0.324 e. The number of carbonyl (C=O) groups is 1. The molecule has 2 amide bonds. The van der Waals surface area contributed by atoms with Gasteiger partial charge < -0.3 is 4.90 Å². The van der Waals surface area contributed by atoms with E-state index < -0.39 is 0 Å². The van der Waals surface area contributed by atoms with Gasteiger partial charge in [0.2, 0.25) is 0 Å². The van der Waals surface area contributed by atoms with Gasteiger partial charge in [-0.3, -0.25) is 5.43 Å². The zero-order chi connectivity index (χ0) is 7.28. The molecule has 0 aliphatic heterocycles. The monoisotopic (exact) mass is 131 g/mol. The Morgan fingerprint density at radius 1 is 1.56 bits per heavy atom. The maximum absolute atomic E-state index is 10.7. The Labute approximate surface area is 55.0 Å². The van der Waals surface area contributed by atoms with Gasteiger partial charge in [0.25, 0.3) is 0 Å². The number of amides is 2. The fraction of sp³-hybridized carbons (Fsp3) is 0.800. The Bertz CT molecular complexity index is 90.2. The summed E-state index contributed by atoms with van der Waals surface area (Å²) < 4.78 is 0. The number of carbonyl (C=O) groups excluding carboxylic acids is 1. The van der Waals surface area contributed by atoms with Crippen LogP contribution < -0.4 is 11.3 Å². The molecule has 0 spiro atoms. The molecule has 0 aliphatic carbocycles. The maximum atomic E-state index is 10.7. The predicted octanol–water partition coefficient (Wildman–Crippen LogP) is -0.0885. The number of urea groups is 1. The second-order valence-electron chi connectivity index (χ2n) is 1.62. The molecule has 3 N–H and O–H groups in total. The van der Waals surface area contributed by atoms with Crippen molar-refractivity contribution in [2.24, 2.45) is 5.84 Å². The summed E-state index contributed by atoms with van der Waals surface area (Å²) >= 11 is 0. The van der Waals surface area contributed by atoms with E-state index in [2.05, 4.69) is 5.43 Å². The van der Waals surface area contributed by atoms with Crippen molar-refractivity contribution in [2.75, 3.05) is 13.1 Å². The molecule has 0 fully saturated rings. The van der Waals surface area contributed by atoms with Gasteiger partial charge in [-0.2, -0.15) is 0 Å². The maximum Gasteiger partial charge on any atom is 0.331 e. The lowest BCUT2D eigenvalue weighted by Crippen LogP contribution is -2.43. The van der Waals surface area contributed by atoms with Gasteiger partial charge in [-0.15, -0.1) is 0 Å². The Balaban J connectivity index is 3.64. The van der Waals surface area contributed by atoms with Gasteiger partial charge in [0.05, 0.1) is 0 Å². The highest BCUT2D eigenvalue weighted by Gasteiger charge is 2.04. The van der Waals surface area contributed by atoms with Crippen LogP contribution in [-0.4, -0.2) is 24.0 Å². The van der Waals surface area contributed by atoms with E-state index in [1.165, 1.54) is 0 Å². The molecule has 9 heavy (non-hydrogen) atoms. The molecular formula is C5H13N3O. The molecule has 54 valence electrons. The zero-order valence-corrected chi connectivity index (χ0v) is 5.85. The van der Waals surface area contributed by atoms with Crippen LogP contribution in [0.4, 0.5) is 4.79 Å². The lowest BCUT2D eigenvalue weighted by molar-refractivity contribution is 0.203. The number of hydrazine groups is 1. The lowest BCUT2D eigenvalue weighted by Gasteiger charge is -2.16. The number of hydrogen-bond donors (Lipinski definition) is 2. The van der Waals surface area contributed by atoms with Crippen LogP contribution in [0.5, 0.6) is 0 Å². The molecule has 0 heterocycles. The third kappa shape index (κ3) is 2.32. The SMILES string of the molecule is CCN(CC)C(=O)NN. The van der Waals surface area contributed by atoms with Crippen molar-refractivity contribution in [2.45, 2.75) is 13.8 Å². The van der Waals surface area contributed by atoms with Crippen LogP contribution in [0.15, 0.2) is 0 Å². The van der Waals surface area contributed by atoms with Crippen LogP contribution in [0.25, 0.3) is 0 Å². The van der Waals surface area contributed by atoms with E-state index in [0.29, 0.717) is 13.1 Å². The first-order chi connectivity index (χ1) is 4.26. The van der Waals surface area contributed by atoms with Crippen LogP contribution in [0.3, 0.4) is 0 Å². The average Bonchev–Trinajstić information content (AvgIpc) is 1.90. The fourth-order valence-electron chi connectivity index (χ4n) is 0.602. The van der Waals surface area contributed by atoms with Crippen molar-refractivity contribution in [3.05, 3.63) is 0 Å². The molecular weight excluding hydrogens is 118 g/mol. The number of nitrogens with one attached hydrogen (secondary N) is 1. The van der Waals surface area contributed by atoms with Crippen LogP contribution in [-0.2, 0) is 0 Å². The summed E-state index contributed by atoms with van der Waals surface area (Å²) in [6.45, 7) is 5.19. The summed E-state index contributed by atoms with van der Waals surface area (Å²) in [6, 6.07) is -0.222. The molecule has 4 heteroatoms. The molecule has 0 aliphatic rings. The molecule has 0 saturated carbocycles. The van der Waals surface area contributed by atoms with E-state index in [1.807, 2.05) is 13.8 Å². The molecule has 0 aromatic rings. The van der Waals surface area contributed by atoms with E-state index in [4.69, 9.17) is 5.84 Å². The third-order valence-electron chi connectivity index (χ3n) is 1.17. The molecule has 0 aromatic heterocycles. The van der Waals surface area contributed by atoms with E-state index in [0.717, 1.165) is 0 Å². The summed E-state index contributed by atoms with van der Waals surface area (Å²) in [4.78, 5) is 12.3. The summed E-state index contributed by atoms with van der Waals surface area (Å²) in [6.07, 6.45) is 0. The highest BCUT2D eigenvalue weighted by atomic mass is 16.2. The minimum atomic E-state index is -0.222. The predicted molar refractivity (Wildman–Crippen MR) is 35.6 cm³/mol. The summed E-state index contributed by atoms with van der Waals surface area (Å²) in [5.41, 5.74) is 2.05.